The lowest BCUT2D eigenvalue weighted by atomic mass is 10.2. The Morgan fingerprint density at radius 2 is 1.91 bits per heavy atom. The molecular formula is C15H15N3O4S. The van der Waals surface area contributed by atoms with Crippen LogP contribution in [0, 0.1) is 0 Å². The van der Waals surface area contributed by atoms with Gasteiger partial charge in [0, 0.05) is 25.9 Å². The Morgan fingerprint density at radius 3 is 2.61 bits per heavy atom. The van der Waals surface area contributed by atoms with Crippen LogP contribution in [0.2, 0.25) is 0 Å². The summed E-state index contributed by atoms with van der Waals surface area (Å²) in [5.41, 5.74) is 1.59. The Balaban J connectivity index is 1.79. The molecule has 2 aromatic rings. The van der Waals surface area contributed by atoms with Gasteiger partial charge in [-0.3, -0.25) is 13.4 Å². The predicted molar refractivity (Wildman–Crippen MR) is 88.5 cm³/mol. The zero-order chi connectivity index (χ0) is 16.6. The quantitative estimate of drug-likeness (QED) is 0.872. The molecule has 0 unspecified atom stereocenters. The molecule has 0 spiro atoms. The Kier molecular flexibility index (Phi) is 3.61. The summed E-state index contributed by atoms with van der Waals surface area (Å²) in [4.78, 5) is 11.9. The van der Waals surface area contributed by atoms with Crippen molar-refractivity contribution in [2.75, 3.05) is 28.0 Å². The normalized spacial score (nSPS) is 15.9. The number of furan rings is 1. The Hall–Kier alpha value is -2.74. The minimum atomic E-state index is -3.52. The molecular weight excluding hydrogens is 318 g/mol. The Labute approximate surface area is 134 Å². The zero-order valence-electron chi connectivity index (χ0n) is 12.6. The highest BCUT2D eigenvalue weighted by Gasteiger charge is 2.35. The lowest BCUT2D eigenvalue weighted by Crippen LogP contribution is -2.32. The van der Waals surface area contributed by atoms with Gasteiger partial charge in [0.25, 0.3) is 0 Å². The van der Waals surface area contributed by atoms with E-state index in [0.29, 0.717) is 22.8 Å². The van der Waals surface area contributed by atoms with E-state index in [0.717, 1.165) is 0 Å². The monoisotopic (exact) mass is 333 g/mol. The second kappa shape index (κ2) is 5.47. The van der Waals surface area contributed by atoms with Gasteiger partial charge in [-0.25, -0.2) is 0 Å². The molecule has 0 saturated heterocycles. The van der Waals surface area contributed by atoms with Gasteiger partial charge in [0.1, 0.15) is 5.76 Å². The van der Waals surface area contributed by atoms with Gasteiger partial charge >= 0.3 is 10.2 Å². The largest absolute Gasteiger partial charge is 0.465 e. The summed E-state index contributed by atoms with van der Waals surface area (Å²) in [5, 5.41) is 2.69. The lowest BCUT2D eigenvalue weighted by molar-refractivity contribution is -0.111. The molecule has 1 aromatic heterocycles. The van der Waals surface area contributed by atoms with Crippen LogP contribution in [0.25, 0.3) is 6.08 Å². The van der Waals surface area contributed by atoms with Crippen LogP contribution >= 0.6 is 0 Å². The van der Waals surface area contributed by atoms with Crippen molar-refractivity contribution in [3.63, 3.8) is 0 Å². The van der Waals surface area contributed by atoms with Gasteiger partial charge in [-0.1, -0.05) is 0 Å². The number of nitrogens with one attached hydrogen (secondary N) is 1. The molecule has 8 heteroatoms. The van der Waals surface area contributed by atoms with E-state index in [1.165, 1.54) is 35.0 Å². The highest BCUT2D eigenvalue weighted by Crippen LogP contribution is 2.40. The molecule has 1 N–H and O–H groups in total. The molecule has 0 saturated carbocycles. The first-order chi connectivity index (χ1) is 10.9. The van der Waals surface area contributed by atoms with E-state index in [1.807, 2.05) is 0 Å². The van der Waals surface area contributed by atoms with Gasteiger partial charge in [-0.2, -0.15) is 8.42 Å². The number of benzene rings is 1. The summed E-state index contributed by atoms with van der Waals surface area (Å²) < 4.78 is 31.6. The van der Waals surface area contributed by atoms with Crippen molar-refractivity contribution >= 4 is 39.3 Å². The molecule has 3 rings (SSSR count). The molecule has 0 atom stereocenters. The maximum absolute atomic E-state index is 12.1. The smallest absolute Gasteiger partial charge is 0.326 e. The number of hydrogen-bond acceptors (Lipinski definition) is 4. The van der Waals surface area contributed by atoms with Crippen molar-refractivity contribution in [3.05, 3.63) is 48.4 Å². The number of fused-ring (bicyclic) bond motifs is 1. The van der Waals surface area contributed by atoms with E-state index in [4.69, 9.17) is 4.42 Å². The van der Waals surface area contributed by atoms with Gasteiger partial charge in [-0.15, -0.1) is 0 Å². The van der Waals surface area contributed by atoms with Crippen LogP contribution < -0.4 is 13.9 Å². The number of hydrogen-bond donors (Lipinski definition) is 1. The molecule has 7 nitrogen and oxygen atoms in total. The first-order valence-electron chi connectivity index (χ1n) is 6.79. The molecule has 120 valence electrons. The molecule has 1 aliphatic heterocycles. The van der Waals surface area contributed by atoms with Crippen molar-refractivity contribution in [2.45, 2.75) is 0 Å². The second-order valence-electron chi connectivity index (χ2n) is 4.98. The number of carbonyl (C=O) groups is 1. The van der Waals surface area contributed by atoms with E-state index in [2.05, 4.69) is 5.32 Å². The van der Waals surface area contributed by atoms with Crippen LogP contribution in [0.5, 0.6) is 0 Å². The Bertz CT molecular complexity index is 872. The highest BCUT2D eigenvalue weighted by molar-refractivity contribution is 7.94. The summed E-state index contributed by atoms with van der Waals surface area (Å²) in [5.74, 6) is 0.236. The van der Waals surface area contributed by atoms with Crippen LogP contribution in [0.4, 0.5) is 17.1 Å². The van der Waals surface area contributed by atoms with Crippen LogP contribution in [-0.2, 0) is 15.0 Å². The molecule has 2 heterocycles. The molecule has 0 bridgehead atoms. The van der Waals surface area contributed by atoms with Gasteiger partial charge in [0.15, 0.2) is 0 Å². The molecule has 0 aliphatic carbocycles. The molecule has 1 aliphatic rings. The van der Waals surface area contributed by atoms with Gasteiger partial charge in [-0.05, 0) is 36.4 Å². The fourth-order valence-electron chi connectivity index (χ4n) is 2.28. The van der Waals surface area contributed by atoms with E-state index in [-0.39, 0.29) is 5.91 Å². The van der Waals surface area contributed by atoms with E-state index < -0.39 is 10.2 Å². The standard InChI is InChI=1S/C15H15N3O4S/c1-17-13-7-5-11(10-14(13)18(2)23(17,20)21)16-15(19)8-6-12-4-3-9-22-12/h3-10H,1-2H3,(H,16,19). The van der Waals surface area contributed by atoms with E-state index in [9.17, 15) is 13.2 Å². The molecule has 1 amide bonds. The molecule has 0 radical (unpaired) electrons. The third-order valence-corrected chi connectivity index (χ3v) is 5.33. The number of anilines is 3. The van der Waals surface area contributed by atoms with Crippen molar-refractivity contribution < 1.29 is 17.6 Å². The topological polar surface area (TPSA) is 82.9 Å². The number of amides is 1. The average Bonchev–Trinajstić information content (AvgIpc) is 3.09. The number of rotatable bonds is 3. The van der Waals surface area contributed by atoms with Crippen LogP contribution in [0.1, 0.15) is 5.76 Å². The van der Waals surface area contributed by atoms with Crippen molar-refractivity contribution in [3.8, 4) is 0 Å². The fourth-order valence-corrected chi connectivity index (χ4v) is 3.44. The zero-order valence-corrected chi connectivity index (χ0v) is 13.4. The predicted octanol–water partition coefficient (Wildman–Crippen LogP) is 2.06. The summed E-state index contributed by atoms with van der Waals surface area (Å²) in [6.07, 6.45) is 4.41. The van der Waals surface area contributed by atoms with Crippen molar-refractivity contribution in [1.29, 1.82) is 0 Å². The number of nitrogens with zero attached hydrogens (tertiary/aromatic N) is 2. The van der Waals surface area contributed by atoms with E-state index >= 15 is 0 Å². The van der Waals surface area contributed by atoms with Crippen LogP contribution in [0.3, 0.4) is 0 Å². The molecule has 23 heavy (non-hydrogen) atoms. The maximum Gasteiger partial charge on any atom is 0.326 e. The minimum absolute atomic E-state index is 0.335. The number of carbonyl (C=O) groups excluding carboxylic acids is 1. The summed E-state index contributed by atoms with van der Waals surface area (Å²) in [7, 11) is -0.560. The van der Waals surface area contributed by atoms with Crippen LogP contribution in [-0.4, -0.2) is 28.4 Å². The van der Waals surface area contributed by atoms with E-state index in [1.54, 1.807) is 36.4 Å². The highest BCUT2D eigenvalue weighted by atomic mass is 32.2. The maximum atomic E-state index is 12.1. The fraction of sp³-hybridized carbons (Fsp3) is 0.133. The minimum Gasteiger partial charge on any atom is -0.465 e. The van der Waals surface area contributed by atoms with Crippen molar-refractivity contribution in [2.24, 2.45) is 0 Å². The third kappa shape index (κ3) is 2.68. The summed E-state index contributed by atoms with van der Waals surface area (Å²) in [6, 6.07) is 8.39. The molecule has 0 fully saturated rings. The van der Waals surface area contributed by atoms with Gasteiger partial charge < -0.3 is 9.73 Å². The summed E-state index contributed by atoms with van der Waals surface area (Å²) in [6.45, 7) is 0. The van der Waals surface area contributed by atoms with Gasteiger partial charge in [0.2, 0.25) is 5.91 Å². The second-order valence-corrected chi connectivity index (χ2v) is 6.98. The average molecular weight is 333 g/mol. The Morgan fingerprint density at radius 1 is 1.17 bits per heavy atom. The SMILES string of the molecule is CN1c2ccc(NC(=O)C=Cc3ccco3)cc2N(C)S1(=O)=O. The first kappa shape index (κ1) is 15.2. The summed E-state index contributed by atoms with van der Waals surface area (Å²) >= 11 is 0. The van der Waals surface area contributed by atoms with Gasteiger partial charge in [0.05, 0.1) is 17.6 Å². The van der Waals surface area contributed by atoms with Crippen LogP contribution in [0.15, 0.2) is 47.1 Å². The molecule has 1 aromatic carbocycles. The third-order valence-electron chi connectivity index (χ3n) is 3.56. The lowest BCUT2D eigenvalue weighted by Gasteiger charge is -2.13. The van der Waals surface area contributed by atoms with Crippen molar-refractivity contribution in [1.82, 2.24) is 0 Å². The first-order valence-corrected chi connectivity index (χ1v) is 8.19.